The highest BCUT2D eigenvalue weighted by atomic mass is 19.1. The van der Waals surface area contributed by atoms with E-state index < -0.39 is 0 Å². The molecule has 4 rings (SSSR count). The molecule has 0 spiro atoms. The summed E-state index contributed by atoms with van der Waals surface area (Å²) < 4.78 is 18.7. The van der Waals surface area contributed by atoms with Crippen molar-refractivity contribution in [3.05, 3.63) is 60.0 Å². The number of benzene rings is 2. The minimum Gasteiger partial charge on any atom is -0.377 e. The maximum atomic E-state index is 13.2. The van der Waals surface area contributed by atoms with E-state index in [0.717, 1.165) is 16.5 Å². The normalized spacial score (nSPS) is 17.6. The first-order chi connectivity index (χ1) is 12.2. The summed E-state index contributed by atoms with van der Waals surface area (Å²) >= 11 is 0. The lowest BCUT2D eigenvalue weighted by molar-refractivity contribution is 0.0147. The van der Waals surface area contributed by atoms with Crippen LogP contribution in [0.1, 0.15) is 11.6 Å². The summed E-state index contributed by atoms with van der Waals surface area (Å²) in [5.41, 5.74) is 2.46. The molecule has 1 fully saturated rings. The van der Waals surface area contributed by atoms with Gasteiger partial charge in [0.05, 0.1) is 31.0 Å². The van der Waals surface area contributed by atoms with E-state index in [4.69, 9.17) is 4.74 Å². The number of morpholine rings is 1. The third-order valence-corrected chi connectivity index (χ3v) is 4.34. The van der Waals surface area contributed by atoms with Crippen molar-refractivity contribution in [2.75, 3.05) is 25.1 Å². The molecule has 2 aromatic carbocycles. The molecule has 7 heteroatoms. The Morgan fingerprint density at radius 3 is 2.96 bits per heavy atom. The van der Waals surface area contributed by atoms with Gasteiger partial charge in [-0.05, 0) is 35.9 Å². The van der Waals surface area contributed by atoms with Crippen LogP contribution in [-0.2, 0) is 4.74 Å². The summed E-state index contributed by atoms with van der Waals surface area (Å²) in [6.45, 7) is 1.34. The topological polar surface area (TPSA) is 70.2 Å². The van der Waals surface area contributed by atoms with Crippen LogP contribution >= 0.6 is 0 Å². The third kappa shape index (κ3) is 3.18. The van der Waals surface area contributed by atoms with E-state index in [0.29, 0.717) is 25.4 Å². The second kappa shape index (κ2) is 6.52. The molecule has 0 aliphatic carbocycles. The number of aromatic nitrogens is 2. The van der Waals surface area contributed by atoms with Crippen molar-refractivity contribution >= 4 is 22.6 Å². The van der Waals surface area contributed by atoms with E-state index in [1.807, 2.05) is 18.2 Å². The highest BCUT2D eigenvalue weighted by molar-refractivity contribution is 5.92. The van der Waals surface area contributed by atoms with Crippen LogP contribution in [0.4, 0.5) is 14.9 Å². The van der Waals surface area contributed by atoms with Gasteiger partial charge >= 0.3 is 6.03 Å². The molecule has 0 saturated carbocycles. The van der Waals surface area contributed by atoms with Gasteiger partial charge in [-0.1, -0.05) is 12.1 Å². The molecule has 2 heterocycles. The van der Waals surface area contributed by atoms with E-state index in [1.54, 1.807) is 23.2 Å². The second-order valence-corrected chi connectivity index (χ2v) is 5.94. The number of nitrogens with zero attached hydrogens (tertiary/aromatic N) is 2. The highest BCUT2D eigenvalue weighted by Crippen LogP contribution is 2.26. The SMILES string of the molecule is O=C(Nc1ccc2[nH]ncc2c1)N1CCOCC1c1ccc(F)cc1. The summed E-state index contributed by atoms with van der Waals surface area (Å²) in [7, 11) is 0. The minimum absolute atomic E-state index is 0.208. The van der Waals surface area contributed by atoms with Gasteiger partial charge in [-0.25, -0.2) is 9.18 Å². The maximum Gasteiger partial charge on any atom is 0.322 e. The Labute approximate surface area is 143 Å². The van der Waals surface area contributed by atoms with E-state index in [2.05, 4.69) is 15.5 Å². The monoisotopic (exact) mass is 340 g/mol. The standard InChI is InChI=1S/C18H17FN4O2/c19-14-3-1-12(2-4-14)17-11-25-8-7-23(17)18(24)21-15-5-6-16-13(9-15)10-20-22-16/h1-6,9-10,17H,7-8,11H2,(H,20,22)(H,21,24). The number of ether oxygens (including phenoxy) is 1. The van der Waals surface area contributed by atoms with Gasteiger partial charge in [0.25, 0.3) is 0 Å². The summed E-state index contributed by atoms with van der Waals surface area (Å²) in [6.07, 6.45) is 1.71. The number of carbonyl (C=O) groups excluding carboxylic acids is 1. The number of hydrogen-bond acceptors (Lipinski definition) is 3. The van der Waals surface area contributed by atoms with Crippen LogP contribution in [-0.4, -0.2) is 40.9 Å². The van der Waals surface area contributed by atoms with Crippen molar-refractivity contribution in [2.45, 2.75) is 6.04 Å². The van der Waals surface area contributed by atoms with Crippen molar-refractivity contribution < 1.29 is 13.9 Å². The molecule has 1 aliphatic heterocycles. The summed E-state index contributed by atoms with van der Waals surface area (Å²) in [6, 6.07) is 11.3. The van der Waals surface area contributed by atoms with Crippen LogP contribution in [0.5, 0.6) is 0 Å². The molecule has 1 aromatic heterocycles. The first kappa shape index (κ1) is 15.6. The van der Waals surface area contributed by atoms with Gasteiger partial charge in [0.15, 0.2) is 0 Å². The van der Waals surface area contributed by atoms with E-state index in [-0.39, 0.29) is 17.9 Å². The molecule has 0 radical (unpaired) electrons. The van der Waals surface area contributed by atoms with Gasteiger partial charge in [-0.15, -0.1) is 0 Å². The molecular formula is C18H17FN4O2. The number of hydrogen-bond donors (Lipinski definition) is 2. The molecule has 6 nitrogen and oxygen atoms in total. The Kier molecular flexibility index (Phi) is 4.07. The average molecular weight is 340 g/mol. The fourth-order valence-electron chi connectivity index (χ4n) is 3.02. The molecule has 128 valence electrons. The second-order valence-electron chi connectivity index (χ2n) is 5.94. The third-order valence-electron chi connectivity index (χ3n) is 4.34. The molecule has 1 atom stereocenters. The van der Waals surface area contributed by atoms with Crippen molar-refractivity contribution in [3.63, 3.8) is 0 Å². The first-order valence-electron chi connectivity index (χ1n) is 8.05. The Bertz CT molecular complexity index is 893. The Morgan fingerprint density at radius 2 is 2.12 bits per heavy atom. The minimum atomic E-state index is -0.301. The number of urea groups is 1. The van der Waals surface area contributed by atoms with Crippen molar-refractivity contribution in [3.8, 4) is 0 Å². The lowest BCUT2D eigenvalue weighted by Gasteiger charge is -2.35. The van der Waals surface area contributed by atoms with Crippen LogP contribution < -0.4 is 5.32 Å². The molecule has 25 heavy (non-hydrogen) atoms. The number of H-pyrrole nitrogens is 1. The van der Waals surface area contributed by atoms with Crippen LogP contribution in [0.2, 0.25) is 0 Å². The number of anilines is 1. The Balaban J connectivity index is 1.54. The van der Waals surface area contributed by atoms with Gasteiger partial charge in [-0.3, -0.25) is 5.10 Å². The summed E-state index contributed by atoms with van der Waals surface area (Å²) in [4.78, 5) is 14.5. The molecule has 1 unspecified atom stereocenters. The van der Waals surface area contributed by atoms with E-state index in [1.165, 1.54) is 12.1 Å². The van der Waals surface area contributed by atoms with Crippen LogP contribution in [0, 0.1) is 5.82 Å². The van der Waals surface area contributed by atoms with E-state index >= 15 is 0 Å². The number of halogens is 1. The zero-order chi connectivity index (χ0) is 17.2. The van der Waals surface area contributed by atoms with Crippen LogP contribution in [0.25, 0.3) is 10.9 Å². The number of carbonyl (C=O) groups is 1. The van der Waals surface area contributed by atoms with Crippen molar-refractivity contribution in [1.82, 2.24) is 15.1 Å². The van der Waals surface area contributed by atoms with Crippen LogP contribution in [0.15, 0.2) is 48.7 Å². The number of nitrogens with one attached hydrogen (secondary N) is 2. The zero-order valence-corrected chi connectivity index (χ0v) is 13.4. The predicted molar refractivity (Wildman–Crippen MR) is 91.8 cm³/mol. The Morgan fingerprint density at radius 1 is 1.28 bits per heavy atom. The van der Waals surface area contributed by atoms with Crippen LogP contribution in [0.3, 0.4) is 0 Å². The Hall–Kier alpha value is -2.93. The summed E-state index contributed by atoms with van der Waals surface area (Å²) in [5.74, 6) is -0.301. The molecule has 2 amide bonds. The number of amides is 2. The molecular weight excluding hydrogens is 323 g/mol. The average Bonchev–Trinajstić information content (AvgIpc) is 3.10. The van der Waals surface area contributed by atoms with Crippen molar-refractivity contribution in [2.24, 2.45) is 0 Å². The first-order valence-corrected chi connectivity index (χ1v) is 8.05. The largest absolute Gasteiger partial charge is 0.377 e. The molecule has 1 saturated heterocycles. The van der Waals surface area contributed by atoms with Gasteiger partial charge < -0.3 is 15.0 Å². The lowest BCUT2D eigenvalue weighted by Crippen LogP contribution is -2.45. The number of aromatic amines is 1. The fourth-order valence-corrected chi connectivity index (χ4v) is 3.02. The van der Waals surface area contributed by atoms with Gasteiger partial charge in [-0.2, -0.15) is 5.10 Å². The van der Waals surface area contributed by atoms with Gasteiger partial charge in [0.1, 0.15) is 5.82 Å². The quantitative estimate of drug-likeness (QED) is 0.752. The van der Waals surface area contributed by atoms with Crippen molar-refractivity contribution in [1.29, 1.82) is 0 Å². The van der Waals surface area contributed by atoms with E-state index in [9.17, 15) is 9.18 Å². The maximum absolute atomic E-state index is 13.2. The molecule has 1 aliphatic rings. The molecule has 2 N–H and O–H groups in total. The number of rotatable bonds is 2. The fraction of sp³-hybridized carbons (Fsp3) is 0.222. The lowest BCUT2D eigenvalue weighted by atomic mass is 10.1. The highest BCUT2D eigenvalue weighted by Gasteiger charge is 2.28. The zero-order valence-electron chi connectivity index (χ0n) is 13.4. The number of fused-ring (bicyclic) bond motifs is 1. The van der Waals surface area contributed by atoms with Gasteiger partial charge in [0, 0.05) is 17.6 Å². The summed E-state index contributed by atoms with van der Waals surface area (Å²) in [5, 5.41) is 10.7. The smallest absolute Gasteiger partial charge is 0.322 e. The molecule has 3 aromatic rings. The predicted octanol–water partition coefficient (Wildman–Crippen LogP) is 3.31. The van der Waals surface area contributed by atoms with Gasteiger partial charge in [0.2, 0.25) is 0 Å². The molecule has 0 bridgehead atoms.